The fourth-order valence-corrected chi connectivity index (χ4v) is 5.61. The quantitative estimate of drug-likeness (QED) is 0.206. The van der Waals surface area contributed by atoms with E-state index in [9.17, 15) is 18.0 Å². The molecule has 2 saturated carbocycles. The Morgan fingerprint density at radius 2 is 1.50 bits per heavy atom. The van der Waals surface area contributed by atoms with Crippen LogP contribution >= 0.6 is 0 Å². The SMILES string of the molecule is CCCCOc1ccc(C2CCC(C(=O)Oc3ccc(C4CCC(C)CC4)c(F)c3F)CC2)c(F)c1. The zero-order valence-electron chi connectivity index (χ0n) is 21.3. The molecule has 3 nitrogen and oxygen atoms in total. The van der Waals surface area contributed by atoms with Gasteiger partial charge in [-0.25, -0.2) is 8.78 Å². The van der Waals surface area contributed by atoms with Crippen molar-refractivity contribution in [3.8, 4) is 11.5 Å². The van der Waals surface area contributed by atoms with Crippen LogP contribution in [0.25, 0.3) is 0 Å². The smallest absolute Gasteiger partial charge is 0.314 e. The van der Waals surface area contributed by atoms with Crippen molar-refractivity contribution in [2.45, 2.75) is 89.9 Å². The first-order valence-electron chi connectivity index (χ1n) is 13.5. The average Bonchev–Trinajstić information content (AvgIpc) is 2.88. The zero-order valence-corrected chi connectivity index (χ0v) is 21.3. The Morgan fingerprint density at radius 1 is 0.861 bits per heavy atom. The van der Waals surface area contributed by atoms with Gasteiger partial charge in [0.25, 0.3) is 0 Å². The molecule has 2 aromatic carbocycles. The first kappa shape index (κ1) is 26.6. The number of benzene rings is 2. The monoisotopic (exact) mass is 502 g/mol. The Morgan fingerprint density at radius 3 is 2.17 bits per heavy atom. The minimum absolute atomic E-state index is 0.00502. The Hall–Kier alpha value is -2.50. The molecule has 0 amide bonds. The van der Waals surface area contributed by atoms with Crippen molar-refractivity contribution < 1.29 is 27.4 Å². The van der Waals surface area contributed by atoms with E-state index in [2.05, 4.69) is 13.8 Å². The van der Waals surface area contributed by atoms with E-state index < -0.39 is 23.5 Å². The predicted octanol–water partition coefficient (Wildman–Crippen LogP) is 8.46. The van der Waals surface area contributed by atoms with Gasteiger partial charge in [-0.1, -0.05) is 45.2 Å². The van der Waals surface area contributed by atoms with Gasteiger partial charge in [-0.15, -0.1) is 0 Å². The Balaban J connectivity index is 1.32. The number of carbonyl (C=O) groups excluding carboxylic acids is 1. The molecule has 0 spiro atoms. The van der Waals surface area contributed by atoms with E-state index in [0.29, 0.717) is 55.1 Å². The second-order valence-corrected chi connectivity index (χ2v) is 10.6. The van der Waals surface area contributed by atoms with Crippen molar-refractivity contribution in [2.75, 3.05) is 6.61 Å². The summed E-state index contributed by atoms with van der Waals surface area (Å²) in [4.78, 5) is 12.7. The minimum atomic E-state index is -1.09. The lowest BCUT2D eigenvalue weighted by molar-refractivity contribution is -0.140. The lowest BCUT2D eigenvalue weighted by atomic mass is 9.78. The van der Waals surface area contributed by atoms with Crippen molar-refractivity contribution in [2.24, 2.45) is 11.8 Å². The van der Waals surface area contributed by atoms with E-state index in [4.69, 9.17) is 9.47 Å². The molecule has 2 fully saturated rings. The van der Waals surface area contributed by atoms with Crippen molar-refractivity contribution in [3.63, 3.8) is 0 Å². The number of hydrogen-bond donors (Lipinski definition) is 0. The number of hydrogen-bond acceptors (Lipinski definition) is 3. The molecule has 4 rings (SSSR count). The van der Waals surface area contributed by atoms with Gasteiger partial charge < -0.3 is 9.47 Å². The standard InChI is InChI=1S/C30H37F3O3/c1-3-4-17-35-23-13-14-24(26(31)18-23)20-9-11-22(12-10-20)30(34)36-27-16-15-25(28(32)29(27)33)21-7-5-19(2)6-8-21/h13-16,18-22H,3-12,17H2,1-2H3. The van der Waals surface area contributed by atoms with Gasteiger partial charge in [-0.2, -0.15) is 4.39 Å². The van der Waals surface area contributed by atoms with Crippen LogP contribution in [-0.4, -0.2) is 12.6 Å². The van der Waals surface area contributed by atoms with Crippen LogP contribution in [-0.2, 0) is 4.79 Å². The molecule has 0 saturated heterocycles. The van der Waals surface area contributed by atoms with Gasteiger partial charge in [-0.3, -0.25) is 4.79 Å². The molecule has 6 heteroatoms. The molecule has 0 bridgehead atoms. The summed E-state index contributed by atoms with van der Waals surface area (Å²) in [5, 5.41) is 0. The van der Waals surface area contributed by atoms with E-state index in [1.165, 1.54) is 12.1 Å². The van der Waals surface area contributed by atoms with Crippen LogP contribution in [0, 0.1) is 29.3 Å². The molecule has 196 valence electrons. The van der Waals surface area contributed by atoms with Crippen LogP contribution in [0.1, 0.15) is 101 Å². The van der Waals surface area contributed by atoms with Crippen molar-refractivity contribution in [1.82, 2.24) is 0 Å². The van der Waals surface area contributed by atoms with Gasteiger partial charge in [0.1, 0.15) is 11.6 Å². The van der Waals surface area contributed by atoms with Crippen LogP contribution in [0.5, 0.6) is 11.5 Å². The molecule has 2 aromatic rings. The van der Waals surface area contributed by atoms with E-state index in [-0.39, 0.29) is 23.4 Å². The van der Waals surface area contributed by atoms with E-state index in [1.54, 1.807) is 18.2 Å². The summed E-state index contributed by atoms with van der Waals surface area (Å²) in [6.07, 6.45) is 7.91. The number of esters is 1. The highest BCUT2D eigenvalue weighted by Crippen LogP contribution is 2.40. The molecule has 0 aliphatic heterocycles. The maximum atomic E-state index is 14.8. The lowest BCUT2D eigenvalue weighted by Gasteiger charge is -2.28. The third kappa shape index (κ3) is 6.24. The summed E-state index contributed by atoms with van der Waals surface area (Å²) in [5.41, 5.74) is 1.01. The van der Waals surface area contributed by atoms with E-state index in [0.717, 1.165) is 38.5 Å². The van der Waals surface area contributed by atoms with Crippen LogP contribution in [0.4, 0.5) is 13.2 Å². The van der Waals surface area contributed by atoms with Gasteiger partial charge in [0.2, 0.25) is 5.82 Å². The molecular weight excluding hydrogens is 465 g/mol. The lowest BCUT2D eigenvalue weighted by Crippen LogP contribution is -2.26. The second-order valence-electron chi connectivity index (χ2n) is 10.6. The number of carbonyl (C=O) groups is 1. The minimum Gasteiger partial charge on any atom is -0.493 e. The molecule has 2 aliphatic rings. The Kier molecular flexibility index (Phi) is 8.97. The van der Waals surface area contributed by atoms with Gasteiger partial charge in [0.15, 0.2) is 11.6 Å². The normalized spacial score (nSPS) is 24.4. The Bertz CT molecular complexity index is 1040. The molecule has 36 heavy (non-hydrogen) atoms. The number of halogens is 3. The van der Waals surface area contributed by atoms with Crippen molar-refractivity contribution >= 4 is 5.97 Å². The van der Waals surface area contributed by atoms with Gasteiger partial charge in [0.05, 0.1) is 12.5 Å². The summed E-state index contributed by atoms with van der Waals surface area (Å²) in [6.45, 7) is 4.82. The molecular formula is C30H37F3O3. The first-order valence-corrected chi connectivity index (χ1v) is 13.5. The molecule has 0 N–H and O–H groups in total. The van der Waals surface area contributed by atoms with Crippen LogP contribution in [0.15, 0.2) is 30.3 Å². The van der Waals surface area contributed by atoms with Crippen molar-refractivity contribution in [3.05, 3.63) is 58.9 Å². The van der Waals surface area contributed by atoms with Crippen LogP contribution < -0.4 is 9.47 Å². The van der Waals surface area contributed by atoms with Gasteiger partial charge in [-0.05, 0) is 86.0 Å². The maximum Gasteiger partial charge on any atom is 0.314 e. The highest BCUT2D eigenvalue weighted by Gasteiger charge is 2.31. The topological polar surface area (TPSA) is 35.5 Å². The Labute approximate surface area is 212 Å². The fourth-order valence-electron chi connectivity index (χ4n) is 5.61. The summed E-state index contributed by atoms with van der Waals surface area (Å²) in [6, 6.07) is 7.95. The van der Waals surface area contributed by atoms with E-state index >= 15 is 0 Å². The van der Waals surface area contributed by atoms with Crippen LogP contribution in [0.3, 0.4) is 0 Å². The highest BCUT2D eigenvalue weighted by molar-refractivity contribution is 5.75. The van der Waals surface area contributed by atoms with Gasteiger partial charge in [0, 0.05) is 6.07 Å². The number of ether oxygens (including phenoxy) is 2. The molecule has 0 aromatic heterocycles. The highest BCUT2D eigenvalue weighted by atomic mass is 19.2. The molecule has 0 radical (unpaired) electrons. The van der Waals surface area contributed by atoms with Crippen LogP contribution in [0.2, 0.25) is 0 Å². The maximum absolute atomic E-state index is 14.8. The average molecular weight is 503 g/mol. The summed E-state index contributed by atoms with van der Waals surface area (Å²) >= 11 is 0. The molecule has 0 unspecified atom stereocenters. The third-order valence-corrected chi connectivity index (χ3v) is 7.98. The first-order chi connectivity index (χ1) is 17.4. The summed E-state index contributed by atoms with van der Waals surface area (Å²) in [5.74, 6) is -2.44. The predicted molar refractivity (Wildman–Crippen MR) is 134 cm³/mol. The molecule has 0 heterocycles. The largest absolute Gasteiger partial charge is 0.493 e. The third-order valence-electron chi connectivity index (χ3n) is 7.98. The number of unbranched alkanes of at least 4 members (excludes halogenated alkanes) is 1. The van der Waals surface area contributed by atoms with E-state index in [1.807, 2.05) is 0 Å². The number of rotatable bonds is 8. The molecule has 2 aliphatic carbocycles. The second kappa shape index (κ2) is 12.2. The molecule has 0 atom stereocenters. The zero-order chi connectivity index (χ0) is 25.7. The van der Waals surface area contributed by atoms with Gasteiger partial charge >= 0.3 is 5.97 Å². The summed E-state index contributed by atoms with van der Waals surface area (Å²) in [7, 11) is 0. The fraction of sp³-hybridized carbons (Fsp3) is 0.567. The summed E-state index contributed by atoms with van der Waals surface area (Å²) < 4.78 is 55.2. The van der Waals surface area contributed by atoms with Crippen molar-refractivity contribution in [1.29, 1.82) is 0 Å².